The molecule has 1 fully saturated rings. The van der Waals surface area contributed by atoms with Crippen molar-refractivity contribution in [3.05, 3.63) is 52.4 Å². The molecule has 0 saturated heterocycles. The van der Waals surface area contributed by atoms with Crippen molar-refractivity contribution in [1.82, 2.24) is 9.97 Å². The predicted molar refractivity (Wildman–Crippen MR) is 107 cm³/mol. The summed E-state index contributed by atoms with van der Waals surface area (Å²) in [6.07, 6.45) is 4.53. The molecule has 1 aliphatic heterocycles. The third-order valence-corrected chi connectivity index (χ3v) is 5.54. The van der Waals surface area contributed by atoms with Crippen molar-refractivity contribution >= 4 is 29.0 Å². The topological polar surface area (TPSA) is 67.2 Å². The molecule has 5 nitrogen and oxygen atoms in total. The van der Waals surface area contributed by atoms with Crippen LogP contribution in [0.2, 0.25) is 5.02 Å². The summed E-state index contributed by atoms with van der Waals surface area (Å²) < 4.78 is 0. The van der Waals surface area contributed by atoms with E-state index in [1.54, 1.807) is 0 Å². The second-order valence-electron chi connectivity index (χ2n) is 8.35. The van der Waals surface area contributed by atoms with E-state index in [9.17, 15) is 4.79 Å². The standard InChI is InChI=1S/C21H23ClN4O/c1-21(2,3)18-17-15(16(25-18)12-7-9-14(22)10-8-12)19(24-11-23-17)26-20(27)13-5-4-6-13/h7-11,13,18H,4-6H2,1-3H3,(H,23,24,26,27). The minimum absolute atomic E-state index is 0.0387. The van der Waals surface area contributed by atoms with Crippen molar-refractivity contribution < 1.29 is 4.79 Å². The Hall–Kier alpha value is -2.27. The van der Waals surface area contributed by atoms with Crippen molar-refractivity contribution in [2.45, 2.75) is 46.1 Å². The third kappa shape index (κ3) is 3.36. The van der Waals surface area contributed by atoms with Gasteiger partial charge in [0.1, 0.15) is 12.1 Å². The minimum Gasteiger partial charge on any atom is -0.310 e. The van der Waals surface area contributed by atoms with Crippen LogP contribution in [0, 0.1) is 11.3 Å². The Kier molecular flexibility index (Phi) is 4.50. The number of hydrogen-bond acceptors (Lipinski definition) is 4. The zero-order valence-corrected chi connectivity index (χ0v) is 16.5. The van der Waals surface area contributed by atoms with E-state index in [0.717, 1.165) is 41.8 Å². The molecule has 6 heteroatoms. The number of halogens is 1. The van der Waals surface area contributed by atoms with E-state index >= 15 is 0 Å². The average molecular weight is 383 g/mol. The average Bonchev–Trinajstić information content (AvgIpc) is 2.95. The summed E-state index contributed by atoms with van der Waals surface area (Å²) in [5.41, 5.74) is 3.35. The number of benzene rings is 1. The molecule has 0 radical (unpaired) electrons. The molecular formula is C21H23ClN4O. The number of aliphatic imine (C=N–C) groups is 1. The quantitative estimate of drug-likeness (QED) is 0.828. The molecule has 1 aromatic carbocycles. The van der Waals surface area contributed by atoms with Crippen LogP contribution in [0.25, 0.3) is 0 Å². The van der Waals surface area contributed by atoms with E-state index in [-0.39, 0.29) is 23.3 Å². The van der Waals surface area contributed by atoms with E-state index in [1.165, 1.54) is 6.33 Å². The van der Waals surface area contributed by atoms with Crippen LogP contribution < -0.4 is 5.32 Å². The molecule has 4 rings (SSSR count). The van der Waals surface area contributed by atoms with Gasteiger partial charge in [-0.05, 0) is 30.4 Å². The summed E-state index contributed by atoms with van der Waals surface area (Å²) in [5.74, 6) is 0.681. The van der Waals surface area contributed by atoms with Crippen LogP contribution in [-0.2, 0) is 4.79 Å². The Morgan fingerprint density at radius 1 is 1.15 bits per heavy atom. The first-order valence-corrected chi connectivity index (χ1v) is 9.72. The van der Waals surface area contributed by atoms with Crippen LogP contribution in [0.15, 0.2) is 35.6 Å². The molecule has 1 N–H and O–H groups in total. The number of nitrogens with zero attached hydrogens (tertiary/aromatic N) is 3. The highest BCUT2D eigenvalue weighted by molar-refractivity contribution is 6.30. The zero-order valence-electron chi connectivity index (χ0n) is 15.8. The lowest BCUT2D eigenvalue weighted by Gasteiger charge is -2.25. The van der Waals surface area contributed by atoms with Gasteiger partial charge in [0.15, 0.2) is 0 Å². The fourth-order valence-electron chi connectivity index (χ4n) is 3.51. The van der Waals surface area contributed by atoms with Gasteiger partial charge in [-0.2, -0.15) is 0 Å². The second kappa shape index (κ2) is 6.71. The molecular weight excluding hydrogens is 360 g/mol. The smallest absolute Gasteiger partial charge is 0.228 e. The summed E-state index contributed by atoms with van der Waals surface area (Å²) >= 11 is 6.06. The first kappa shape index (κ1) is 18.1. The molecule has 140 valence electrons. The van der Waals surface area contributed by atoms with Gasteiger partial charge < -0.3 is 5.32 Å². The lowest BCUT2D eigenvalue weighted by molar-refractivity contribution is -0.122. The monoisotopic (exact) mass is 382 g/mol. The molecule has 1 amide bonds. The molecule has 2 heterocycles. The normalized spacial score (nSPS) is 19.3. The van der Waals surface area contributed by atoms with E-state index in [0.29, 0.717) is 10.8 Å². The fraction of sp³-hybridized carbons (Fsp3) is 0.429. The fourth-order valence-corrected chi connectivity index (χ4v) is 3.64. The zero-order chi connectivity index (χ0) is 19.2. The number of fused-ring (bicyclic) bond motifs is 1. The molecule has 0 spiro atoms. The van der Waals surface area contributed by atoms with Gasteiger partial charge in [0.05, 0.1) is 23.0 Å². The lowest BCUT2D eigenvalue weighted by atomic mass is 9.84. The number of nitrogens with one attached hydrogen (secondary N) is 1. The van der Waals surface area contributed by atoms with Crippen molar-refractivity contribution in [3.63, 3.8) is 0 Å². The number of anilines is 1. The Labute approximate surface area is 164 Å². The minimum atomic E-state index is -0.105. The largest absolute Gasteiger partial charge is 0.310 e. The highest BCUT2D eigenvalue weighted by Crippen LogP contribution is 2.44. The van der Waals surface area contributed by atoms with Gasteiger partial charge in [-0.1, -0.05) is 50.9 Å². The maximum Gasteiger partial charge on any atom is 0.228 e. The highest BCUT2D eigenvalue weighted by atomic mass is 35.5. The molecule has 2 aliphatic rings. The molecule has 1 saturated carbocycles. The summed E-state index contributed by atoms with van der Waals surface area (Å²) in [4.78, 5) is 26.5. The lowest BCUT2D eigenvalue weighted by Crippen LogP contribution is -2.29. The van der Waals surface area contributed by atoms with E-state index in [4.69, 9.17) is 16.6 Å². The summed E-state index contributed by atoms with van der Waals surface area (Å²) in [5, 5.41) is 3.70. The third-order valence-electron chi connectivity index (χ3n) is 5.29. The maximum atomic E-state index is 12.5. The molecule has 1 unspecified atom stereocenters. The van der Waals surface area contributed by atoms with E-state index in [2.05, 4.69) is 36.1 Å². The van der Waals surface area contributed by atoms with Gasteiger partial charge in [-0.15, -0.1) is 0 Å². The van der Waals surface area contributed by atoms with Crippen LogP contribution in [0.3, 0.4) is 0 Å². The number of hydrogen-bond donors (Lipinski definition) is 1. The van der Waals surface area contributed by atoms with Crippen molar-refractivity contribution in [3.8, 4) is 0 Å². The highest BCUT2D eigenvalue weighted by Gasteiger charge is 2.38. The Bertz CT molecular complexity index is 911. The van der Waals surface area contributed by atoms with Crippen molar-refractivity contribution in [1.29, 1.82) is 0 Å². The summed E-state index contributed by atoms with van der Waals surface area (Å²) in [6, 6.07) is 7.49. The molecule has 1 aromatic heterocycles. The molecule has 0 bridgehead atoms. The van der Waals surface area contributed by atoms with Gasteiger partial charge in [-0.3, -0.25) is 9.79 Å². The van der Waals surface area contributed by atoms with Crippen LogP contribution in [0.4, 0.5) is 5.82 Å². The maximum absolute atomic E-state index is 12.5. The van der Waals surface area contributed by atoms with E-state index in [1.807, 2.05) is 24.3 Å². The SMILES string of the molecule is CC(C)(C)C1N=C(c2ccc(Cl)cc2)c2c(NC(=O)C3CCC3)ncnc21. The van der Waals surface area contributed by atoms with Gasteiger partial charge in [0.2, 0.25) is 5.91 Å². The molecule has 2 aromatic rings. The predicted octanol–water partition coefficient (Wildman–Crippen LogP) is 4.81. The second-order valence-corrected chi connectivity index (χ2v) is 8.79. The van der Waals surface area contributed by atoms with Gasteiger partial charge >= 0.3 is 0 Å². The van der Waals surface area contributed by atoms with Crippen LogP contribution >= 0.6 is 11.6 Å². The molecule has 27 heavy (non-hydrogen) atoms. The van der Waals surface area contributed by atoms with Gasteiger partial charge in [0, 0.05) is 16.5 Å². The summed E-state index contributed by atoms with van der Waals surface area (Å²) in [7, 11) is 0. The van der Waals surface area contributed by atoms with Crippen LogP contribution in [-0.4, -0.2) is 21.6 Å². The van der Waals surface area contributed by atoms with Crippen molar-refractivity contribution in [2.75, 3.05) is 5.32 Å². The summed E-state index contributed by atoms with van der Waals surface area (Å²) in [6.45, 7) is 6.43. The van der Waals surface area contributed by atoms with E-state index < -0.39 is 0 Å². The number of aromatic nitrogens is 2. The molecule has 1 atom stereocenters. The number of rotatable bonds is 3. The van der Waals surface area contributed by atoms with Crippen LogP contribution in [0.1, 0.15) is 62.9 Å². The first-order chi connectivity index (χ1) is 12.8. The van der Waals surface area contributed by atoms with Gasteiger partial charge in [-0.25, -0.2) is 9.97 Å². The molecule has 1 aliphatic carbocycles. The number of carbonyl (C=O) groups excluding carboxylic acids is 1. The Balaban J connectivity index is 1.80. The number of amides is 1. The van der Waals surface area contributed by atoms with Gasteiger partial charge in [0.25, 0.3) is 0 Å². The van der Waals surface area contributed by atoms with Crippen LogP contribution in [0.5, 0.6) is 0 Å². The Morgan fingerprint density at radius 2 is 1.85 bits per heavy atom. The number of carbonyl (C=O) groups is 1. The van der Waals surface area contributed by atoms with Crippen molar-refractivity contribution in [2.24, 2.45) is 16.3 Å². The Morgan fingerprint density at radius 3 is 2.44 bits per heavy atom. The first-order valence-electron chi connectivity index (χ1n) is 9.34.